The molecule has 2 N–H and O–H groups in total. The first-order valence-corrected chi connectivity index (χ1v) is 8.61. The van der Waals surface area contributed by atoms with E-state index in [0.29, 0.717) is 6.54 Å². The molecule has 6 heteroatoms. The molecule has 1 saturated heterocycles. The summed E-state index contributed by atoms with van der Waals surface area (Å²) in [5.74, 6) is 1.03. The SMILES string of the molecule is CCCNCc1c(N2CCCC(C)(O)C2)nc2sccn12. The van der Waals surface area contributed by atoms with Gasteiger partial charge in [0.25, 0.3) is 0 Å². The van der Waals surface area contributed by atoms with Crippen LogP contribution in [0.5, 0.6) is 0 Å². The lowest BCUT2D eigenvalue weighted by Gasteiger charge is -2.37. The molecular formula is C15H24N4OS. The van der Waals surface area contributed by atoms with Crippen LogP contribution in [-0.4, -0.2) is 39.7 Å². The molecule has 0 aromatic carbocycles. The molecule has 1 aliphatic rings. The molecule has 1 unspecified atom stereocenters. The maximum absolute atomic E-state index is 10.3. The maximum Gasteiger partial charge on any atom is 0.195 e. The summed E-state index contributed by atoms with van der Waals surface area (Å²) in [4.78, 5) is 8.07. The highest BCUT2D eigenvalue weighted by molar-refractivity contribution is 7.15. The second-order valence-corrected chi connectivity index (χ2v) is 7.01. The zero-order valence-electron chi connectivity index (χ0n) is 12.8. The first kappa shape index (κ1) is 14.8. The highest BCUT2D eigenvalue weighted by Crippen LogP contribution is 2.29. The van der Waals surface area contributed by atoms with E-state index in [1.807, 2.05) is 6.92 Å². The number of nitrogens with one attached hydrogen (secondary N) is 1. The number of anilines is 1. The summed E-state index contributed by atoms with van der Waals surface area (Å²) in [6.45, 7) is 7.56. The minimum absolute atomic E-state index is 0.608. The number of β-amino-alcohol motifs (C(OH)–C–C–N with tert-alkyl or cyclic N) is 1. The third-order valence-corrected chi connectivity index (χ3v) is 4.79. The first-order chi connectivity index (χ1) is 10.1. The molecule has 0 radical (unpaired) electrons. The van der Waals surface area contributed by atoms with Gasteiger partial charge in [0.2, 0.25) is 0 Å². The van der Waals surface area contributed by atoms with Gasteiger partial charge in [0, 0.05) is 31.2 Å². The number of nitrogens with zero attached hydrogens (tertiary/aromatic N) is 3. The number of fused-ring (bicyclic) bond motifs is 1. The summed E-state index contributed by atoms with van der Waals surface area (Å²) in [7, 11) is 0. The van der Waals surface area contributed by atoms with E-state index in [2.05, 4.69) is 33.1 Å². The molecule has 1 atom stereocenters. The highest BCUT2D eigenvalue weighted by Gasteiger charge is 2.31. The number of imidazole rings is 1. The summed E-state index contributed by atoms with van der Waals surface area (Å²) < 4.78 is 2.17. The molecule has 3 rings (SSSR count). The van der Waals surface area contributed by atoms with E-state index in [1.165, 1.54) is 5.69 Å². The van der Waals surface area contributed by atoms with Crippen molar-refractivity contribution < 1.29 is 5.11 Å². The number of aromatic nitrogens is 2. The molecule has 116 valence electrons. The molecule has 0 saturated carbocycles. The molecule has 5 nitrogen and oxygen atoms in total. The fraction of sp³-hybridized carbons (Fsp3) is 0.667. The molecule has 2 aromatic rings. The number of thiazole rings is 1. The normalized spacial score (nSPS) is 23.1. The van der Waals surface area contributed by atoms with E-state index >= 15 is 0 Å². The summed E-state index contributed by atoms with van der Waals surface area (Å²) >= 11 is 1.66. The smallest absolute Gasteiger partial charge is 0.195 e. The van der Waals surface area contributed by atoms with Gasteiger partial charge in [-0.25, -0.2) is 4.98 Å². The van der Waals surface area contributed by atoms with Crippen LogP contribution in [0.4, 0.5) is 5.82 Å². The predicted octanol–water partition coefficient (Wildman–Crippen LogP) is 2.25. The fourth-order valence-corrected chi connectivity index (χ4v) is 3.75. The lowest BCUT2D eigenvalue weighted by atomic mass is 9.95. The van der Waals surface area contributed by atoms with Crippen LogP contribution < -0.4 is 10.2 Å². The molecule has 21 heavy (non-hydrogen) atoms. The van der Waals surface area contributed by atoms with E-state index < -0.39 is 5.60 Å². The standard InChI is InChI=1S/C15H24N4OS/c1-3-6-16-10-12-13(17-14-19(12)8-9-21-14)18-7-4-5-15(2,20)11-18/h8-9,16,20H,3-7,10-11H2,1-2H3. The van der Waals surface area contributed by atoms with E-state index in [1.54, 1.807) is 11.3 Å². The van der Waals surface area contributed by atoms with Gasteiger partial charge in [-0.2, -0.15) is 0 Å². The number of rotatable bonds is 5. The average Bonchev–Trinajstić information content (AvgIpc) is 3.00. The van der Waals surface area contributed by atoms with Gasteiger partial charge in [-0.3, -0.25) is 4.40 Å². The van der Waals surface area contributed by atoms with Crippen LogP contribution in [0.3, 0.4) is 0 Å². The molecule has 1 fully saturated rings. The van der Waals surface area contributed by atoms with Gasteiger partial charge < -0.3 is 15.3 Å². The first-order valence-electron chi connectivity index (χ1n) is 7.73. The van der Waals surface area contributed by atoms with Gasteiger partial charge in [0.15, 0.2) is 10.8 Å². The average molecular weight is 308 g/mol. The van der Waals surface area contributed by atoms with Gasteiger partial charge in [-0.1, -0.05) is 6.92 Å². The zero-order valence-corrected chi connectivity index (χ0v) is 13.6. The van der Waals surface area contributed by atoms with Crippen LogP contribution >= 0.6 is 11.3 Å². The molecule has 2 aromatic heterocycles. The Hall–Kier alpha value is -1.11. The topological polar surface area (TPSA) is 52.8 Å². The Balaban J connectivity index is 1.89. The van der Waals surface area contributed by atoms with Gasteiger partial charge in [0.05, 0.1) is 11.3 Å². The van der Waals surface area contributed by atoms with Crippen molar-refractivity contribution in [1.29, 1.82) is 0 Å². The van der Waals surface area contributed by atoms with Crippen LogP contribution in [-0.2, 0) is 6.54 Å². The summed E-state index contributed by atoms with van der Waals surface area (Å²) in [6.07, 6.45) is 5.09. The Morgan fingerprint density at radius 3 is 3.14 bits per heavy atom. The second-order valence-electron chi connectivity index (χ2n) is 6.14. The minimum Gasteiger partial charge on any atom is -0.388 e. The molecule has 0 amide bonds. The third kappa shape index (κ3) is 3.07. The fourth-order valence-electron chi connectivity index (χ4n) is 3.02. The Kier molecular flexibility index (Phi) is 4.19. The quantitative estimate of drug-likeness (QED) is 0.832. The lowest BCUT2D eigenvalue weighted by Crippen LogP contribution is -2.46. The largest absolute Gasteiger partial charge is 0.388 e. The Labute approximate surface area is 129 Å². The van der Waals surface area contributed by atoms with Crippen molar-refractivity contribution in [3.63, 3.8) is 0 Å². The Morgan fingerprint density at radius 1 is 1.52 bits per heavy atom. The number of hydrogen-bond acceptors (Lipinski definition) is 5. The van der Waals surface area contributed by atoms with Gasteiger partial charge >= 0.3 is 0 Å². The second kappa shape index (κ2) is 5.94. The third-order valence-electron chi connectivity index (χ3n) is 4.03. The minimum atomic E-state index is -0.608. The van der Waals surface area contributed by atoms with Crippen molar-refractivity contribution in [1.82, 2.24) is 14.7 Å². The van der Waals surface area contributed by atoms with Gasteiger partial charge in [-0.15, -0.1) is 11.3 Å². The van der Waals surface area contributed by atoms with Crippen LogP contribution in [0.15, 0.2) is 11.6 Å². The van der Waals surface area contributed by atoms with Crippen LogP contribution in [0.1, 0.15) is 38.8 Å². The van der Waals surface area contributed by atoms with Crippen molar-refractivity contribution in [2.75, 3.05) is 24.5 Å². The molecule has 3 heterocycles. The monoisotopic (exact) mass is 308 g/mol. The van der Waals surface area contributed by atoms with Gasteiger partial charge in [-0.05, 0) is 32.7 Å². The summed E-state index contributed by atoms with van der Waals surface area (Å²) in [5, 5.41) is 15.9. The van der Waals surface area contributed by atoms with Crippen molar-refractivity contribution in [2.45, 2.75) is 45.3 Å². The van der Waals surface area contributed by atoms with Crippen LogP contribution in [0.2, 0.25) is 0 Å². The molecule has 0 spiro atoms. The van der Waals surface area contributed by atoms with E-state index in [4.69, 9.17) is 4.98 Å². The summed E-state index contributed by atoms with van der Waals surface area (Å²) in [5.41, 5.74) is 0.598. The van der Waals surface area contributed by atoms with E-state index in [0.717, 1.165) is 49.7 Å². The van der Waals surface area contributed by atoms with E-state index in [9.17, 15) is 5.11 Å². The number of aliphatic hydroxyl groups is 1. The van der Waals surface area contributed by atoms with Crippen molar-refractivity contribution >= 4 is 22.1 Å². The Morgan fingerprint density at radius 2 is 2.38 bits per heavy atom. The number of hydrogen-bond donors (Lipinski definition) is 2. The Bertz CT molecular complexity index is 604. The molecule has 0 bridgehead atoms. The molecule has 1 aliphatic heterocycles. The van der Waals surface area contributed by atoms with Crippen LogP contribution in [0, 0.1) is 0 Å². The van der Waals surface area contributed by atoms with Gasteiger partial charge in [0.1, 0.15) is 0 Å². The van der Waals surface area contributed by atoms with E-state index in [-0.39, 0.29) is 0 Å². The highest BCUT2D eigenvalue weighted by atomic mass is 32.1. The maximum atomic E-state index is 10.3. The summed E-state index contributed by atoms with van der Waals surface area (Å²) in [6, 6.07) is 0. The molecular weight excluding hydrogens is 284 g/mol. The van der Waals surface area contributed by atoms with Crippen LogP contribution in [0.25, 0.3) is 4.96 Å². The van der Waals surface area contributed by atoms with Crippen molar-refractivity contribution in [2.24, 2.45) is 0 Å². The molecule has 0 aliphatic carbocycles. The zero-order chi connectivity index (χ0) is 14.9. The van der Waals surface area contributed by atoms with Crippen molar-refractivity contribution in [3.8, 4) is 0 Å². The predicted molar refractivity (Wildman–Crippen MR) is 87.1 cm³/mol. The van der Waals surface area contributed by atoms with Crippen molar-refractivity contribution in [3.05, 3.63) is 17.3 Å². The number of piperidine rings is 1. The lowest BCUT2D eigenvalue weighted by molar-refractivity contribution is 0.0447.